The number of carbonyl (C=O) groups is 1. The summed E-state index contributed by atoms with van der Waals surface area (Å²) in [6.07, 6.45) is 2.89. The molecule has 0 radical (unpaired) electrons. The zero-order valence-corrected chi connectivity index (χ0v) is 17.6. The summed E-state index contributed by atoms with van der Waals surface area (Å²) >= 11 is 0. The third-order valence-corrected chi connectivity index (χ3v) is 4.70. The summed E-state index contributed by atoms with van der Waals surface area (Å²) in [5, 5.41) is 10.4. The predicted octanol–water partition coefficient (Wildman–Crippen LogP) is 5.38. The number of aliphatic hydroxyl groups excluding tert-OH is 1. The van der Waals surface area contributed by atoms with Gasteiger partial charge in [0.25, 0.3) is 0 Å². The van der Waals surface area contributed by atoms with Crippen LogP contribution in [0, 0.1) is 23.3 Å². The number of rotatable bonds is 7. The average Bonchev–Trinajstić information content (AvgIpc) is 2.82. The summed E-state index contributed by atoms with van der Waals surface area (Å²) < 4.78 is 70.9. The summed E-state index contributed by atoms with van der Waals surface area (Å²) in [6.45, 7) is 1.92. The second-order valence-electron chi connectivity index (χ2n) is 6.97. The molecule has 0 spiro atoms. The van der Waals surface area contributed by atoms with E-state index in [1.54, 1.807) is 24.3 Å². The van der Waals surface area contributed by atoms with Crippen molar-refractivity contribution >= 4 is 23.6 Å². The molecule has 0 aromatic heterocycles. The number of benzene rings is 2. The Balaban J connectivity index is 2.01. The van der Waals surface area contributed by atoms with Crippen molar-refractivity contribution in [2.75, 3.05) is 13.2 Å². The second kappa shape index (κ2) is 11.0. The Morgan fingerprint density at radius 3 is 2.64 bits per heavy atom. The molecule has 1 heterocycles. The molecule has 1 atom stereocenters. The van der Waals surface area contributed by atoms with Gasteiger partial charge in [-0.05, 0) is 38.0 Å². The highest BCUT2D eigenvalue weighted by molar-refractivity contribution is 6.15. The van der Waals surface area contributed by atoms with Gasteiger partial charge < -0.3 is 19.3 Å². The van der Waals surface area contributed by atoms with E-state index in [-0.39, 0.29) is 18.4 Å². The minimum atomic E-state index is -2.14. The zero-order valence-electron chi connectivity index (χ0n) is 17.6. The lowest BCUT2D eigenvalue weighted by Crippen LogP contribution is -2.25. The molecule has 1 saturated heterocycles. The maximum Gasteiger partial charge on any atom is 0.343 e. The third-order valence-electron chi connectivity index (χ3n) is 4.70. The fourth-order valence-electron chi connectivity index (χ4n) is 3.05. The van der Waals surface area contributed by atoms with Crippen LogP contribution in [0.15, 0.2) is 40.9 Å². The Bertz CT molecular complexity index is 1080. The van der Waals surface area contributed by atoms with E-state index in [0.29, 0.717) is 18.8 Å². The Hall–Kier alpha value is -3.40. The minimum Gasteiger partial charge on any atom is -0.506 e. The number of aliphatic hydroxyl groups is 1. The quantitative estimate of drug-likeness (QED) is 0.113. The molecule has 33 heavy (non-hydrogen) atoms. The number of ether oxygens (including phenoxy) is 3. The van der Waals surface area contributed by atoms with E-state index in [0.717, 1.165) is 19.1 Å². The van der Waals surface area contributed by atoms with Crippen LogP contribution in [-0.2, 0) is 14.3 Å². The van der Waals surface area contributed by atoms with Crippen LogP contribution in [0.4, 0.5) is 23.2 Å². The summed E-state index contributed by atoms with van der Waals surface area (Å²) in [5.74, 6) is -9.82. The molecule has 0 bridgehead atoms. The van der Waals surface area contributed by atoms with Gasteiger partial charge in [0.2, 0.25) is 0 Å². The summed E-state index contributed by atoms with van der Waals surface area (Å²) in [4.78, 5) is 16.5. The molecule has 176 valence electrons. The molecular formula is C23H21F4NO5. The molecule has 2 aromatic carbocycles. The van der Waals surface area contributed by atoms with Gasteiger partial charge in [0.1, 0.15) is 22.8 Å². The Morgan fingerprint density at radius 2 is 1.94 bits per heavy atom. The molecule has 1 aliphatic heterocycles. The maximum atomic E-state index is 14.2. The van der Waals surface area contributed by atoms with Gasteiger partial charge in [-0.2, -0.15) is 0 Å². The van der Waals surface area contributed by atoms with Crippen molar-refractivity contribution in [2.45, 2.75) is 32.5 Å². The molecule has 1 aliphatic rings. The lowest BCUT2D eigenvalue weighted by molar-refractivity contribution is -0.137. The van der Waals surface area contributed by atoms with Crippen molar-refractivity contribution in [1.82, 2.24) is 0 Å². The van der Waals surface area contributed by atoms with Crippen molar-refractivity contribution in [2.24, 2.45) is 4.99 Å². The maximum absolute atomic E-state index is 14.2. The summed E-state index contributed by atoms with van der Waals surface area (Å²) in [5.41, 5.74) is -1.54. The largest absolute Gasteiger partial charge is 0.506 e. The fourth-order valence-corrected chi connectivity index (χ4v) is 3.05. The number of hydrogen-bond donors (Lipinski definition) is 1. The number of esters is 1. The molecule has 2 aromatic rings. The lowest BCUT2D eigenvalue weighted by atomic mass is 10.1. The first-order valence-corrected chi connectivity index (χ1v) is 10.2. The van der Waals surface area contributed by atoms with Crippen LogP contribution in [0.1, 0.15) is 31.7 Å². The topological polar surface area (TPSA) is 77.4 Å². The van der Waals surface area contributed by atoms with E-state index in [2.05, 4.69) is 4.99 Å². The lowest BCUT2D eigenvalue weighted by Gasteiger charge is -2.24. The van der Waals surface area contributed by atoms with Crippen molar-refractivity contribution in [1.29, 1.82) is 0 Å². The second-order valence-corrected chi connectivity index (χ2v) is 6.97. The van der Waals surface area contributed by atoms with Gasteiger partial charge in [0, 0.05) is 12.6 Å². The van der Waals surface area contributed by atoms with Crippen LogP contribution in [0.2, 0.25) is 0 Å². The van der Waals surface area contributed by atoms with E-state index in [9.17, 15) is 27.5 Å². The van der Waals surface area contributed by atoms with Crippen LogP contribution in [0.3, 0.4) is 0 Å². The number of carbonyl (C=O) groups excluding carboxylic acids is 1. The molecule has 0 amide bonds. The van der Waals surface area contributed by atoms with Gasteiger partial charge in [-0.25, -0.2) is 22.4 Å². The first-order chi connectivity index (χ1) is 15.8. The first kappa shape index (κ1) is 24.2. The van der Waals surface area contributed by atoms with E-state index < -0.39 is 52.4 Å². The van der Waals surface area contributed by atoms with Gasteiger partial charge in [-0.3, -0.25) is 4.99 Å². The van der Waals surface area contributed by atoms with Crippen molar-refractivity contribution in [3.05, 3.63) is 64.7 Å². The summed E-state index contributed by atoms with van der Waals surface area (Å²) in [6, 6.07) is 6.72. The molecule has 1 unspecified atom stereocenters. The predicted molar refractivity (Wildman–Crippen MR) is 111 cm³/mol. The molecule has 10 heteroatoms. The number of hydrogen-bond acceptors (Lipinski definition) is 6. The Morgan fingerprint density at radius 1 is 1.18 bits per heavy atom. The van der Waals surface area contributed by atoms with E-state index in [4.69, 9.17) is 14.2 Å². The molecular weight excluding hydrogens is 446 g/mol. The number of halogens is 4. The zero-order chi connectivity index (χ0) is 24.0. The van der Waals surface area contributed by atoms with Crippen LogP contribution in [0.5, 0.6) is 5.75 Å². The first-order valence-electron chi connectivity index (χ1n) is 10.2. The molecule has 1 fully saturated rings. The highest BCUT2D eigenvalue weighted by atomic mass is 19.2. The van der Waals surface area contributed by atoms with E-state index in [1.165, 1.54) is 6.92 Å². The van der Waals surface area contributed by atoms with Crippen LogP contribution in [-0.4, -0.2) is 36.8 Å². The van der Waals surface area contributed by atoms with E-state index in [1.807, 2.05) is 0 Å². The molecule has 0 aliphatic carbocycles. The SMILES string of the molecule is CCOC(=O)/C(C=Nc1ccccc1OC1CCCCO1)=C(\O)c1cc(F)c(F)c(F)c1F. The normalized spacial score (nSPS) is 17.1. The Labute approximate surface area is 187 Å². The van der Waals surface area contributed by atoms with Gasteiger partial charge >= 0.3 is 5.97 Å². The molecule has 0 saturated carbocycles. The van der Waals surface area contributed by atoms with Crippen LogP contribution >= 0.6 is 0 Å². The third kappa shape index (κ3) is 5.70. The highest BCUT2D eigenvalue weighted by Crippen LogP contribution is 2.31. The Kier molecular flexibility index (Phi) is 8.05. The van der Waals surface area contributed by atoms with Gasteiger partial charge in [0.05, 0.1) is 18.8 Å². The molecule has 1 N–H and O–H groups in total. The van der Waals surface area contributed by atoms with Gasteiger partial charge in [-0.1, -0.05) is 12.1 Å². The monoisotopic (exact) mass is 467 g/mol. The highest BCUT2D eigenvalue weighted by Gasteiger charge is 2.25. The van der Waals surface area contributed by atoms with Crippen LogP contribution in [0.25, 0.3) is 5.76 Å². The van der Waals surface area contributed by atoms with Crippen molar-refractivity contribution in [3.63, 3.8) is 0 Å². The number of nitrogens with zero attached hydrogens (tertiary/aromatic N) is 1. The van der Waals surface area contributed by atoms with Crippen molar-refractivity contribution < 1.29 is 41.7 Å². The number of para-hydroxylation sites is 2. The van der Waals surface area contributed by atoms with Gasteiger partial charge in [-0.15, -0.1) is 0 Å². The van der Waals surface area contributed by atoms with Crippen LogP contribution < -0.4 is 4.74 Å². The number of aliphatic imine (C=N–C) groups is 1. The molecule has 3 rings (SSSR count). The van der Waals surface area contributed by atoms with Crippen molar-refractivity contribution in [3.8, 4) is 5.75 Å². The smallest absolute Gasteiger partial charge is 0.343 e. The summed E-state index contributed by atoms with van der Waals surface area (Å²) in [7, 11) is 0. The average molecular weight is 467 g/mol. The molecule has 6 nitrogen and oxygen atoms in total. The fraction of sp³-hybridized carbons (Fsp3) is 0.304. The minimum absolute atomic E-state index is 0.114. The van der Waals surface area contributed by atoms with E-state index >= 15 is 0 Å². The standard InChI is InChI=1S/C23H21F4NO5/c1-2-31-23(30)14(22(29)13-11-15(24)20(26)21(27)19(13)25)12-28-16-7-3-4-8-17(16)33-18-9-5-6-10-32-18/h3-4,7-8,11-12,18,29H,2,5-6,9-10H2,1H3/b22-14-,28-12?. The van der Waals surface area contributed by atoms with Gasteiger partial charge in [0.15, 0.2) is 29.6 Å².